The molecular formula is C14H21FO3S. The Kier molecular flexibility index (Phi) is 5.50. The predicted molar refractivity (Wildman–Crippen MR) is 74.3 cm³/mol. The van der Waals surface area contributed by atoms with Gasteiger partial charge in [0.05, 0.1) is 11.4 Å². The van der Waals surface area contributed by atoms with E-state index in [0.717, 1.165) is 5.56 Å². The molecule has 1 rings (SSSR count). The molecule has 19 heavy (non-hydrogen) atoms. The van der Waals surface area contributed by atoms with Crippen molar-refractivity contribution in [3.8, 4) is 0 Å². The Morgan fingerprint density at radius 3 is 2.37 bits per heavy atom. The number of hydrogen-bond acceptors (Lipinski definition) is 3. The Bertz CT molecular complexity index is 492. The minimum atomic E-state index is -2.98. The van der Waals surface area contributed by atoms with E-state index in [1.807, 2.05) is 0 Å². The zero-order chi connectivity index (χ0) is 14.5. The third-order valence-corrected chi connectivity index (χ3v) is 4.90. The zero-order valence-electron chi connectivity index (χ0n) is 11.4. The minimum Gasteiger partial charge on any atom is -0.390 e. The van der Waals surface area contributed by atoms with Crippen LogP contribution in [0.5, 0.6) is 0 Å². The van der Waals surface area contributed by atoms with Crippen molar-refractivity contribution >= 4 is 9.84 Å². The number of rotatable bonds is 7. The molecule has 0 radical (unpaired) electrons. The molecule has 0 aliphatic carbocycles. The highest BCUT2D eigenvalue weighted by molar-refractivity contribution is 7.91. The summed E-state index contributed by atoms with van der Waals surface area (Å²) in [5.41, 5.74) is -0.133. The fraction of sp³-hybridized carbons (Fsp3) is 0.571. The molecule has 0 heterocycles. The van der Waals surface area contributed by atoms with E-state index in [1.165, 1.54) is 12.1 Å². The van der Waals surface area contributed by atoms with Gasteiger partial charge in [-0.2, -0.15) is 0 Å². The second-order valence-corrected chi connectivity index (χ2v) is 7.61. The summed E-state index contributed by atoms with van der Waals surface area (Å²) in [7, 11) is -2.98. The van der Waals surface area contributed by atoms with Crippen LogP contribution in [-0.4, -0.2) is 30.6 Å². The second kappa shape index (κ2) is 6.48. The first-order valence-corrected chi connectivity index (χ1v) is 8.23. The molecule has 1 aromatic carbocycles. The van der Waals surface area contributed by atoms with Crippen molar-refractivity contribution in [1.29, 1.82) is 0 Å². The number of halogens is 1. The van der Waals surface area contributed by atoms with Crippen molar-refractivity contribution in [3.05, 3.63) is 35.6 Å². The maximum Gasteiger partial charge on any atom is 0.150 e. The van der Waals surface area contributed by atoms with Gasteiger partial charge in [0.25, 0.3) is 0 Å². The van der Waals surface area contributed by atoms with Gasteiger partial charge in [-0.25, -0.2) is 12.8 Å². The summed E-state index contributed by atoms with van der Waals surface area (Å²) >= 11 is 0. The molecule has 5 heteroatoms. The van der Waals surface area contributed by atoms with Gasteiger partial charge in [-0.15, -0.1) is 0 Å². The van der Waals surface area contributed by atoms with Crippen LogP contribution in [-0.2, 0) is 16.3 Å². The molecule has 1 aromatic rings. The Labute approximate surface area is 114 Å². The zero-order valence-corrected chi connectivity index (χ0v) is 12.2. The SMILES string of the molecule is CCS(=O)(=O)CCCC(C)(O)Cc1ccc(F)cc1. The average Bonchev–Trinajstić information content (AvgIpc) is 2.31. The van der Waals surface area contributed by atoms with E-state index >= 15 is 0 Å². The molecule has 0 saturated carbocycles. The lowest BCUT2D eigenvalue weighted by Gasteiger charge is -2.23. The van der Waals surface area contributed by atoms with E-state index < -0.39 is 15.4 Å². The first-order chi connectivity index (χ1) is 8.74. The van der Waals surface area contributed by atoms with Crippen molar-refractivity contribution in [1.82, 2.24) is 0 Å². The molecule has 1 unspecified atom stereocenters. The molecule has 3 nitrogen and oxygen atoms in total. The summed E-state index contributed by atoms with van der Waals surface area (Å²) in [6.07, 6.45) is 1.23. The van der Waals surface area contributed by atoms with Crippen LogP contribution in [0.4, 0.5) is 4.39 Å². The van der Waals surface area contributed by atoms with E-state index in [0.29, 0.717) is 19.3 Å². The molecule has 0 amide bonds. The van der Waals surface area contributed by atoms with Gasteiger partial charge in [0.1, 0.15) is 15.7 Å². The predicted octanol–water partition coefficient (Wildman–Crippen LogP) is 2.33. The van der Waals surface area contributed by atoms with Crippen LogP contribution in [0, 0.1) is 5.82 Å². The fourth-order valence-corrected chi connectivity index (χ4v) is 2.82. The lowest BCUT2D eigenvalue weighted by molar-refractivity contribution is 0.0507. The number of hydrogen-bond donors (Lipinski definition) is 1. The van der Waals surface area contributed by atoms with Crippen LogP contribution in [0.15, 0.2) is 24.3 Å². The monoisotopic (exact) mass is 288 g/mol. The van der Waals surface area contributed by atoms with Crippen LogP contribution in [0.3, 0.4) is 0 Å². The van der Waals surface area contributed by atoms with Gasteiger partial charge in [0.2, 0.25) is 0 Å². The summed E-state index contributed by atoms with van der Waals surface area (Å²) in [4.78, 5) is 0. The topological polar surface area (TPSA) is 54.4 Å². The lowest BCUT2D eigenvalue weighted by atomic mass is 9.92. The number of benzene rings is 1. The Balaban J connectivity index is 2.50. The highest BCUT2D eigenvalue weighted by atomic mass is 32.2. The van der Waals surface area contributed by atoms with Crippen molar-refractivity contribution in [2.24, 2.45) is 0 Å². The summed E-state index contributed by atoms with van der Waals surface area (Å²) < 4.78 is 35.5. The van der Waals surface area contributed by atoms with Crippen LogP contribution in [0.2, 0.25) is 0 Å². The van der Waals surface area contributed by atoms with Gasteiger partial charge >= 0.3 is 0 Å². The van der Waals surface area contributed by atoms with E-state index in [2.05, 4.69) is 0 Å². The standard InChI is InChI=1S/C14H21FO3S/c1-3-19(17,18)10-4-9-14(2,16)11-12-5-7-13(15)8-6-12/h5-8,16H,3-4,9-11H2,1-2H3. The Morgan fingerprint density at radius 1 is 1.26 bits per heavy atom. The maximum atomic E-state index is 12.8. The van der Waals surface area contributed by atoms with Gasteiger partial charge in [-0.3, -0.25) is 0 Å². The quantitative estimate of drug-likeness (QED) is 0.838. The third kappa shape index (κ3) is 6.16. The molecule has 1 N–H and O–H groups in total. The third-order valence-electron chi connectivity index (χ3n) is 3.11. The number of sulfone groups is 1. The normalized spacial score (nSPS) is 15.2. The largest absolute Gasteiger partial charge is 0.390 e. The number of aliphatic hydroxyl groups is 1. The molecule has 108 valence electrons. The maximum absolute atomic E-state index is 12.8. The van der Waals surface area contributed by atoms with Gasteiger partial charge < -0.3 is 5.11 Å². The van der Waals surface area contributed by atoms with Gasteiger partial charge in [0.15, 0.2) is 0 Å². The average molecular weight is 288 g/mol. The molecule has 0 spiro atoms. The highest BCUT2D eigenvalue weighted by Gasteiger charge is 2.21. The first-order valence-electron chi connectivity index (χ1n) is 6.41. The fourth-order valence-electron chi connectivity index (χ4n) is 1.95. The van der Waals surface area contributed by atoms with Crippen LogP contribution in [0.1, 0.15) is 32.3 Å². The lowest BCUT2D eigenvalue weighted by Crippen LogP contribution is -2.28. The van der Waals surface area contributed by atoms with Crippen LogP contribution in [0.25, 0.3) is 0 Å². The van der Waals surface area contributed by atoms with Gasteiger partial charge in [-0.05, 0) is 37.5 Å². The summed E-state index contributed by atoms with van der Waals surface area (Å²) in [5.74, 6) is -0.0756. The van der Waals surface area contributed by atoms with Crippen molar-refractivity contribution in [2.75, 3.05) is 11.5 Å². The molecule has 0 aromatic heterocycles. The van der Waals surface area contributed by atoms with Crippen LogP contribution < -0.4 is 0 Å². The summed E-state index contributed by atoms with van der Waals surface area (Å²) in [6.45, 7) is 3.29. The molecular weight excluding hydrogens is 267 g/mol. The van der Waals surface area contributed by atoms with E-state index in [1.54, 1.807) is 26.0 Å². The van der Waals surface area contributed by atoms with Crippen molar-refractivity contribution in [2.45, 2.75) is 38.7 Å². The molecule has 0 fully saturated rings. The molecule has 1 atom stereocenters. The summed E-state index contributed by atoms with van der Waals surface area (Å²) in [6, 6.07) is 5.97. The second-order valence-electron chi connectivity index (χ2n) is 5.14. The highest BCUT2D eigenvalue weighted by Crippen LogP contribution is 2.19. The summed E-state index contributed by atoms with van der Waals surface area (Å²) in [5, 5.41) is 10.2. The molecule has 0 aliphatic rings. The molecule has 0 saturated heterocycles. The smallest absolute Gasteiger partial charge is 0.150 e. The first kappa shape index (κ1) is 16.1. The van der Waals surface area contributed by atoms with E-state index in [4.69, 9.17) is 0 Å². The van der Waals surface area contributed by atoms with E-state index in [-0.39, 0.29) is 17.3 Å². The molecule has 0 aliphatic heterocycles. The molecule has 0 bridgehead atoms. The minimum absolute atomic E-state index is 0.100. The van der Waals surface area contributed by atoms with Crippen molar-refractivity contribution < 1.29 is 17.9 Å². The van der Waals surface area contributed by atoms with Gasteiger partial charge in [-0.1, -0.05) is 19.1 Å². The Morgan fingerprint density at radius 2 is 1.84 bits per heavy atom. The Hall–Kier alpha value is -0.940. The van der Waals surface area contributed by atoms with Crippen molar-refractivity contribution in [3.63, 3.8) is 0 Å². The van der Waals surface area contributed by atoms with Gasteiger partial charge in [0, 0.05) is 12.2 Å². The van der Waals surface area contributed by atoms with Crippen LogP contribution >= 0.6 is 0 Å². The van der Waals surface area contributed by atoms with E-state index in [9.17, 15) is 17.9 Å².